The summed E-state index contributed by atoms with van der Waals surface area (Å²) < 4.78 is 27.6. The molecule has 2 amide bonds. The number of aliphatic carboxylic acids is 1. The minimum absolute atomic E-state index is 0.267. The van der Waals surface area contributed by atoms with Crippen LogP contribution in [0.4, 0.5) is 8.78 Å². The van der Waals surface area contributed by atoms with Crippen LogP contribution in [0.15, 0.2) is 18.2 Å². The van der Waals surface area contributed by atoms with Crippen LogP contribution in [-0.2, 0) is 9.59 Å². The predicted octanol–water partition coefficient (Wildman–Crippen LogP) is 2.04. The first kappa shape index (κ1) is 19.8. The summed E-state index contributed by atoms with van der Waals surface area (Å²) in [4.78, 5) is 37.5. The summed E-state index contributed by atoms with van der Waals surface area (Å²) in [6.45, 7) is 3.96. The van der Waals surface area contributed by atoms with E-state index in [0.29, 0.717) is 12.8 Å². The number of halogens is 2. The summed E-state index contributed by atoms with van der Waals surface area (Å²) in [6, 6.07) is 2.14. The van der Waals surface area contributed by atoms with Crippen molar-refractivity contribution in [2.24, 2.45) is 11.8 Å². The zero-order valence-electron chi connectivity index (χ0n) is 14.7. The number of benzene rings is 1. The van der Waals surface area contributed by atoms with Gasteiger partial charge in [0.2, 0.25) is 5.91 Å². The molecule has 2 N–H and O–H groups in total. The molecule has 1 aromatic carbocycles. The van der Waals surface area contributed by atoms with Crippen molar-refractivity contribution in [3.05, 3.63) is 35.4 Å². The van der Waals surface area contributed by atoms with Crippen LogP contribution in [0.25, 0.3) is 0 Å². The third-order valence-corrected chi connectivity index (χ3v) is 4.57. The van der Waals surface area contributed by atoms with Gasteiger partial charge in [-0.15, -0.1) is 0 Å². The molecule has 1 saturated heterocycles. The van der Waals surface area contributed by atoms with Crippen LogP contribution in [0.5, 0.6) is 0 Å². The van der Waals surface area contributed by atoms with Crippen molar-refractivity contribution < 1.29 is 28.3 Å². The fraction of sp³-hybridized carbons (Fsp3) is 0.500. The molecule has 1 aliphatic rings. The lowest BCUT2D eigenvalue weighted by Crippen LogP contribution is -2.53. The number of rotatable bonds is 5. The summed E-state index contributed by atoms with van der Waals surface area (Å²) in [5, 5.41) is 11.4. The SMILES string of the molecule is CC(C)C(NC(=O)c1c(F)cccc1F)C(=O)N1CCC(C(=O)O)CC1. The molecule has 1 atom stereocenters. The van der Waals surface area contributed by atoms with E-state index in [1.54, 1.807) is 13.8 Å². The van der Waals surface area contributed by atoms with Crippen molar-refractivity contribution in [2.75, 3.05) is 13.1 Å². The van der Waals surface area contributed by atoms with Gasteiger partial charge in [-0.3, -0.25) is 14.4 Å². The van der Waals surface area contributed by atoms with Gasteiger partial charge in [-0.25, -0.2) is 8.78 Å². The zero-order valence-corrected chi connectivity index (χ0v) is 14.7. The molecule has 0 saturated carbocycles. The summed E-state index contributed by atoms with van der Waals surface area (Å²) in [6.07, 6.45) is 0.670. The number of carboxylic acid groups (broad SMARTS) is 1. The topological polar surface area (TPSA) is 86.7 Å². The van der Waals surface area contributed by atoms with Crippen LogP contribution in [0.2, 0.25) is 0 Å². The molecule has 1 aliphatic heterocycles. The highest BCUT2D eigenvalue weighted by molar-refractivity contribution is 5.98. The average Bonchev–Trinajstić information content (AvgIpc) is 2.58. The van der Waals surface area contributed by atoms with E-state index in [0.717, 1.165) is 18.2 Å². The average molecular weight is 368 g/mol. The number of carbonyl (C=O) groups is 3. The van der Waals surface area contributed by atoms with Crippen molar-refractivity contribution in [2.45, 2.75) is 32.7 Å². The van der Waals surface area contributed by atoms with Gasteiger partial charge < -0.3 is 15.3 Å². The second-order valence-electron chi connectivity index (χ2n) is 6.73. The fourth-order valence-electron chi connectivity index (χ4n) is 2.99. The maximum absolute atomic E-state index is 13.8. The van der Waals surface area contributed by atoms with E-state index in [9.17, 15) is 23.2 Å². The highest BCUT2D eigenvalue weighted by atomic mass is 19.1. The Hall–Kier alpha value is -2.51. The van der Waals surface area contributed by atoms with E-state index < -0.39 is 41.0 Å². The molecule has 6 nitrogen and oxygen atoms in total. The maximum Gasteiger partial charge on any atom is 0.306 e. The lowest BCUT2D eigenvalue weighted by Gasteiger charge is -2.34. The molecule has 0 spiro atoms. The number of nitrogens with zero attached hydrogens (tertiary/aromatic N) is 1. The van der Waals surface area contributed by atoms with Gasteiger partial charge in [-0.1, -0.05) is 19.9 Å². The second kappa shape index (κ2) is 8.25. The van der Waals surface area contributed by atoms with Crippen molar-refractivity contribution >= 4 is 17.8 Å². The number of amides is 2. The van der Waals surface area contributed by atoms with E-state index in [1.165, 1.54) is 4.90 Å². The number of carboxylic acids is 1. The van der Waals surface area contributed by atoms with E-state index in [-0.39, 0.29) is 24.9 Å². The normalized spacial score (nSPS) is 16.4. The van der Waals surface area contributed by atoms with Crippen molar-refractivity contribution in [3.8, 4) is 0 Å². The van der Waals surface area contributed by atoms with E-state index in [4.69, 9.17) is 5.11 Å². The molecule has 0 aliphatic carbocycles. The van der Waals surface area contributed by atoms with Gasteiger partial charge in [-0.2, -0.15) is 0 Å². The molecule has 0 bridgehead atoms. The summed E-state index contributed by atoms with van der Waals surface area (Å²) in [7, 11) is 0. The molecule has 0 radical (unpaired) electrons. The number of hydrogen-bond acceptors (Lipinski definition) is 3. The molecule has 1 fully saturated rings. The largest absolute Gasteiger partial charge is 0.481 e. The highest BCUT2D eigenvalue weighted by Gasteiger charge is 2.33. The summed E-state index contributed by atoms with van der Waals surface area (Å²) in [5.41, 5.74) is -0.726. The predicted molar refractivity (Wildman–Crippen MR) is 89.4 cm³/mol. The van der Waals surface area contributed by atoms with Crippen molar-refractivity contribution in [3.63, 3.8) is 0 Å². The molecule has 142 valence electrons. The highest BCUT2D eigenvalue weighted by Crippen LogP contribution is 2.20. The zero-order chi connectivity index (χ0) is 19.4. The van der Waals surface area contributed by atoms with Crippen molar-refractivity contribution in [1.29, 1.82) is 0 Å². The van der Waals surface area contributed by atoms with E-state index >= 15 is 0 Å². The first-order chi connectivity index (χ1) is 12.2. The number of likely N-dealkylation sites (tertiary alicyclic amines) is 1. The van der Waals surface area contributed by atoms with Gasteiger partial charge in [0.25, 0.3) is 5.91 Å². The van der Waals surface area contributed by atoms with Crippen LogP contribution in [0.1, 0.15) is 37.0 Å². The third kappa shape index (κ3) is 4.36. The summed E-state index contributed by atoms with van der Waals surface area (Å²) >= 11 is 0. The Labute approximate surface area is 150 Å². The second-order valence-corrected chi connectivity index (χ2v) is 6.73. The van der Waals surface area contributed by atoms with E-state index in [2.05, 4.69) is 5.32 Å². The van der Waals surface area contributed by atoms with Crippen LogP contribution in [-0.4, -0.2) is 46.9 Å². The van der Waals surface area contributed by atoms with Crippen molar-refractivity contribution in [1.82, 2.24) is 10.2 Å². The first-order valence-electron chi connectivity index (χ1n) is 8.48. The van der Waals surface area contributed by atoms with Gasteiger partial charge >= 0.3 is 5.97 Å². The maximum atomic E-state index is 13.8. The minimum Gasteiger partial charge on any atom is -0.481 e. The Kier molecular flexibility index (Phi) is 6.28. The Morgan fingerprint density at radius 1 is 1.15 bits per heavy atom. The number of hydrogen-bond donors (Lipinski definition) is 2. The van der Waals surface area contributed by atoms with Crippen LogP contribution < -0.4 is 5.32 Å². The third-order valence-electron chi connectivity index (χ3n) is 4.57. The first-order valence-corrected chi connectivity index (χ1v) is 8.48. The number of piperidine rings is 1. The van der Waals surface area contributed by atoms with E-state index in [1.807, 2.05) is 0 Å². The molecule has 0 aromatic heterocycles. The summed E-state index contributed by atoms with van der Waals surface area (Å²) in [5.74, 6) is -5.06. The molecule has 1 heterocycles. The quantitative estimate of drug-likeness (QED) is 0.833. The molecular weight excluding hydrogens is 346 g/mol. The Bertz CT molecular complexity index is 680. The van der Waals surface area contributed by atoms with Gasteiger partial charge in [0, 0.05) is 13.1 Å². The van der Waals surface area contributed by atoms with Gasteiger partial charge in [-0.05, 0) is 30.9 Å². The minimum atomic E-state index is -1.00. The molecule has 26 heavy (non-hydrogen) atoms. The number of nitrogens with one attached hydrogen (secondary N) is 1. The van der Waals surface area contributed by atoms with Gasteiger partial charge in [0.05, 0.1) is 5.92 Å². The van der Waals surface area contributed by atoms with Crippen LogP contribution >= 0.6 is 0 Å². The lowest BCUT2D eigenvalue weighted by atomic mass is 9.95. The molecule has 1 unspecified atom stereocenters. The Morgan fingerprint density at radius 2 is 1.69 bits per heavy atom. The molecule has 8 heteroatoms. The Morgan fingerprint density at radius 3 is 2.15 bits per heavy atom. The number of carbonyl (C=O) groups excluding carboxylic acids is 2. The van der Waals surface area contributed by atoms with Crippen LogP contribution in [0.3, 0.4) is 0 Å². The fourth-order valence-corrected chi connectivity index (χ4v) is 2.99. The van der Waals surface area contributed by atoms with Gasteiger partial charge in [0.1, 0.15) is 23.2 Å². The Balaban J connectivity index is 2.10. The monoisotopic (exact) mass is 368 g/mol. The molecule has 2 rings (SSSR count). The standard InChI is InChI=1S/C18H22F2N2O4/c1-10(2)15(17(24)22-8-6-11(7-9-22)18(25)26)21-16(23)14-12(19)4-3-5-13(14)20/h3-5,10-11,15H,6-9H2,1-2H3,(H,21,23)(H,25,26). The lowest BCUT2D eigenvalue weighted by molar-refractivity contribution is -0.146. The van der Waals surface area contributed by atoms with Gasteiger partial charge in [0.15, 0.2) is 0 Å². The smallest absolute Gasteiger partial charge is 0.306 e. The molecular formula is C18H22F2N2O4. The van der Waals surface area contributed by atoms with Crippen LogP contribution in [0, 0.1) is 23.5 Å². The molecule has 1 aromatic rings.